The molecule has 194 valence electrons. The third-order valence-electron chi connectivity index (χ3n) is 6.19. The topological polar surface area (TPSA) is 83.6 Å². The summed E-state index contributed by atoms with van der Waals surface area (Å²) in [5.41, 5.74) is 8.17. The minimum atomic E-state index is -0.537. The highest BCUT2D eigenvalue weighted by atomic mass is 35.5. The van der Waals surface area contributed by atoms with Crippen molar-refractivity contribution in [3.63, 3.8) is 0 Å². The highest BCUT2D eigenvalue weighted by Gasteiger charge is 2.22. The molecule has 0 aliphatic rings. The normalized spacial score (nSPS) is 11.2. The lowest BCUT2D eigenvalue weighted by Crippen LogP contribution is -2.19. The van der Waals surface area contributed by atoms with Gasteiger partial charge in [0.05, 0.1) is 11.8 Å². The number of carbonyl (C=O) groups is 2. The summed E-state index contributed by atoms with van der Waals surface area (Å²) in [6.45, 7) is 4.00. The monoisotopic (exact) mass is 555 g/mol. The van der Waals surface area contributed by atoms with Gasteiger partial charge in [0.2, 0.25) is 0 Å². The zero-order valence-corrected chi connectivity index (χ0v) is 22.6. The summed E-state index contributed by atoms with van der Waals surface area (Å²) in [5, 5.41) is 6.10. The number of carbonyl (C=O) groups excluding carboxylic acids is 2. The molecule has 0 spiro atoms. The first-order chi connectivity index (χ1) is 18.8. The van der Waals surface area contributed by atoms with Crippen molar-refractivity contribution in [3.05, 3.63) is 123 Å². The zero-order chi connectivity index (χ0) is 27.5. The molecule has 8 heteroatoms. The molecule has 0 bridgehead atoms. The fraction of sp³-hybridized carbons (Fsp3) is 0.0645. The van der Waals surface area contributed by atoms with Crippen LogP contribution in [-0.2, 0) is 0 Å². The van der Waals surface area contributed by atoms with Gasteiger partial charge in [-0.3, -0.25) is 4.79 Å². The smallest absolute Gasteiger partial charge is 0.343 e. The Kier molecular flexibility index (Phi) is 7.50. The second kappa shape index (κ2) is 11.2. The SMILES string of the molecule is Cc1cc(C)c2[nH]c(C(=O)NN=Cc3ccccc3OC(=O)c3ccc(Cl)cc3)c(-c3ccccc3Cl)c2c1. The molecular formula is C31H23Cl2N3O3. The minimum absolute atomic E-state index is 0.295. The van der Waals surface area contributed by atoms with Gasteiger partial charge in [-0.1, -0.05) is 65.2 Å². The number of aryl methyl sites for hydroxylation is 2. The number of hydrogen-bond donors (Lipinski definition) is 2. The standard InChI is InChI=1S/C31H23Cl2N3O3/c1-18-15-19(2)28-24(16-18)27(23-8-4-5-9-25(23)33)29(35-28)30(37)36-34-17-21-7-3-6-10-26(21)39-31(38)20-11-13-22(32)14-12-20/h3-17,35H,1-2H3,(H,36,37). The number of H-pyrrole nitrogens is 1. The van der Waals surface area contributed by atoms with E-state index in [4.69, 9.17) is 27.9 Å². The molecule has 4 aromatic carbocycles. The largest absolute Gasteiger partial charge is 0.422 e. The molecule has 0 aliphatic carbocycles. The Hall–Kier alpha value is -4.39. The Morgan fingerprint density at radius 1 is 0.923 bits per heavy atom. The van der Waals surface area contributed by atoms with Crippen molar-refractivity contribution in [1.82, 2.24) is 10.4 Å². The number of nitrogens with one attached hydrogen (secondary N) is 2. The predicted molar refractivity (Wildman–Crippen MR) is 156 cm³/mol. The number of para-hydroxylation sites is 1. The number of aromatic nitrogens is 1. The summed E-state index contributed by atoms with van der Waals surface area (Å²) >= 11 is 12.5. The van der Waals surface area contributed by atoms with Gasteiger partial charge >= 0.3 is 5.97 Å². The summed E-state index contributed by atoms with van der Waals surface area (Å²) in [4.78, 5) is 29.2. The molecular weight excluding hydrogens is 533 g/mol. The minimum Gasteiger partial charge on any atom is -0.422 e. The second-order valence-corrected chi connectivity index (χ2v) is 9.84. The number of hydrogen-bond acceptors (Lipinski definition) is 4. The van der Waals surface area contributed by atoms with E-state index >= 15 is 0 Å². The molecule has 0 atom stereocenters. The van der Waals surface area contributed by atoms with E-state index in [1.165, 1.54) is 6.21 Å². The van der Waals surface area contributed by atoms with Crippen LogP contribution in [0.3, 0.4) is 0 Å². The molecule has 0 saturated carbocycles. The number of esters is 1. The van der Waals surface area contributed by atoms with E-state index in [0.29, 0.717) is 38.2 Å². The molecule has 0 aliphatic heterocycles. The van der Waals surface area contributed by atoms with Crippen LogP contribution in [0, 0.1) is 13.8 Å². The van der Waals surface area contributed by atoms with Crippen LogP contribution in [0.4, 0.5) is 0 Å². The van der Waals surface area contributed by atoms with Crippen molar-refractivity contribution in [2.45, 2.75) is 13.8 Å². The third-order valence-corrected chi connectivity index (χ3v) is 6.77. The molecule has 1 heterocycles. The fourth-order valence-corrected chi connectivity index (χ4v) is 4.76. The molecule has 0 unspecified atom stereocenters. The fourth-order valence-electron chi connectivity index (χ4n) is 4.41. The Morgan fingerprint density at radius 3 is 2.41 bits per heavy atom. The van der Waals surface area contributed by atoms with Crippen LogP contribution in [0.1, 0.15) is 37.5 Å². The van der Waals surface area contributed by atoms with Crippen molar-refractivity contribution in [1.29, 1.82) is 0 Å². The van der Waals surface area contributed by atoms with Crippen molar-refractivity contribution < 1.29 is 14.3 Å². The Balaban J connectivity index is 1.43. The van der Waals surface area contributed by atoms with E-state index < -0.39 is 11.9 Å². The first-order valence-electron chi connectivity index (χ1n) is 12.1. The van der Waals surface area contributed by atoms with Crippen LogP contribution in [0.5, 0.6) is 5.75 Å². The summed E-state index contributed by atoms with van der Waals surface area (Å²) in [6, 6.07) is 24.8. The van der Waals surface area contributed by atoms with Gasteiger partial charge in [0, 0.05) is 37.6 Å². The number of fused-ring (bicyclic) bond motifs is 1. The Bertz CT molecular complexity index is 1740. The third kappa shape index (κ3) is 5.58. The number of aromatic amines is 1. The van der Waals surface area contributed by atoms with Gasteiger partial charge in [-0.15, -0.1) is 0 Å². The van der Waals surface area contributed by atoms with Crippen LogP contribution in [0.25, 0.3) is 22.0 Å². The molecule has 2 N–H and O–H groups in total. The summed E-state index contributed by atoms with van der Waals surface area (Å²) < 4.78 is 5.56. The van der Waals surface area contributed by atoms with E-state index in [-0.39, 0.29) is 0 Å². The number of amides is 1. The van der Waals surface area contributed by atoms with Crippen molar-refractivity contribution in [3.8, 4) is 16.9 Å². The highest BCUT2D eigenvalue weighted by molar-refractivity contribution is 6.34. The van der Waals surface area contributed by atoms with Gasteiger partial charge in [-0.2, -0.15) is 5.10 Å². The van der Waals surface area contributed by atoms with Gasteiger partial charge in [0.25, 0.3) is 5.91 Å². The number of rotatable bonds is 6. The number of ether oxygens (including phenoxy) is 1. The average Bonchev–Trinajstić information content (AvgIpc) is 3.30. The lowest BCUT2D eigenvalue weighted by Gasteiger charge is -2.08. The van der Waals surface area contributed by atoms with Gasteiger partial charge in [-0.05, 0) is 67.9 Å². The lowest BCUT2D eigenvalue weighted by atomic mass is 9.99. The molecule has 1 amide bonds. The summed E-state index contributed by atoms with van der Waals surface area (Å²) in [6.07, 6.45) is 1.43. The van der Waals surface area contributed by atoms with Crippen LogP contribution >= 0.6 is 23.2 Å². The van der Waals surface area contributed by atoms with Crippen LogP contribution in [0.15, 0.2) is 90.0 Å². The van der Waals surface area contributed by atoms with E-state index in [2.05, 4.69) is 21.6 Å². The van der Waals surface area contributed by atoms with Crippen LogP contribution in [0.2, 0.25) is 10.0 Å². The van der Waals surface area contributed by atoms with E-state index in [0.717, 1.165) is 27.6 Å². The molecule has 6 nitrogen and oxygen atoms in total. The molecule has 5 rings (SSSR count). The average molecular weight is 556 g/mol. The predicted octanol–water partition coefficient (Wildman–Crippen LogP) is 7.74. The van der Waals surface area contributed by atoms with E-state index in [9.17, 15) is 9.59 Å². The Morgan fingerprint density at radius 2 is 1.64 bits per heavy atom. The van der Waals surface area contributed by atoms with Crippen LogP contribution in [-0.4, -0.2) is 23.1 Å². The van der Waals surface area contributed by atoms with E-state index in [1.807, 2.05) is 38.1 Å². The first kappa shape index (κ1) is 26.2. The van der Waals surface area contributed by atoms with E-state index in [1.54, 1.807) is 54.6 Å². The molecule has 5 aromatic rings. The molecule has 0 radical (unpaired) electrons. The van der Waals surface area contributed by atoms with Crippen molar-refractivity contribution in [2.75, 3.05) is 0 Å². The molecule has 0 fully saturated rings. The summed E-state index contributed by atoms with van der Waals surface area (Å²) in [7, 11) is 0. The first-order valence-corrected chi connectivity index (χ1v) is 12.9. The van der Waals surface area contributed by atoms with Crippen molar-refractivity contribution >= 4 is 52.2 Å². The van der Waals surface area contributed by atoms with Gasteiger partial charge < -0.3 is 9.72 Å². The van der Waals surface area contributed by atoms with Gasteiger partial charge in [-0.25, -0.2) is 10.2 Å². The Labute approximate surface area is 235 Å². The van der Waals surface area contributed by atoms with Gasteiger partial charge in [0.1, 0.15) is 11.4 Å². The number of halogens is 2. The van der Waals surface area contributed by atoms with Crippen molar-refractivity contribution in [2.24, 2.45) is 5.10 Å². The molecule has 39 heavy (non-hydrogen) atoms. The van der Waals surface area contributed by atoms with Gasteiger partial charge in [0.15, 0.2) is 0 Å². The maximum Gasteiger partial charge on any atom is 0.343 e. The highest BCUT2D eigenvalue weighted by Crippen LogP contribution is 2.38. The maximum atomic E-state index is 13.4. The number of benzene rings is 4. The second-order valence-electron chi connectivity index (χ2n) is 8.99. The molecule has 0 saturated heterocycles. The quantitative estimate of drug-likeness (QED) is 0.0971. The summed E-state index contributed by atoms with van der Waals surface area (Å²) in [5.74, 6) is -0.682. The lowest BCUT2D eigenvalue weighted by molar-refractivity contribution is 0.0734. The molecule has 1 aromatic heterocycles. The maximum absolute atomic E-state index is 13.4. The number of hydrazone groups is 1. The number of nitrogens with zero attached hydrogens (tertiary/aromatic N) is 1. The van der Waals surface area contributed by atoms with Crippen LogP contribution < -0.4 is 10.2 Å². The zero-order valence-electron chi connectivity index (χ0n) is 21.1.